The molecule has 0 fully saturated rings. The van der Waals surface area contributed by atoms with Crippen LogP contribution in [0.3, 0.4) is 0 Å². The zero-order valence-electron chi connectivity index (χ0n) is 14.6. The first-order valence-corrected chi connectivity index (χ1v) is 8.33. The number of carbonyl (C=O) groups excluding carboxylic acids is 4. The van der Waals surface area contributed by atoms with E-state index in [0.717, 1.165) is 6.07 Å². The Hall–Kier alpha value is -3.75. The molecule has 9 heteroatoms. The van der Waals surface area contributed by atoms with Crippen molar-refractivity contribution in [3.05, 3.63) is 59.9 Å². The molecule has 0 saturated carbocycles. The number of fused-ring (bicyclic) bond motifs is 1. The highest BCUT2D eigenvalue weighted by molar-refractivity contribution is 6.10. The van der Waals surface area contributed by atoms with E-state index in [1.165, 1.54) is 23.1 Å². The molecular formula is C19H16FN3O5. The number of anilines is 2. The number of esters is 1. The first-order valence-electron chi connectivity index (χ1n) is 8.33. The van der Waals surface area contributed by atoms with E-state index < -0.39 is 36.8 Å². The number of halogens is 1. The average Bonchev–Trinajstić information content (AvgIpc) is 2.69. The van der Waals surface area contributed by atoms with Crippen LogP contribution in [-0.2, 0) is 19.1 Å². The van der Waals surface area contributed by atoms with Crippen molar-refractivity contribution in [2.24, 2.45) is 0 Å². The fraction of sp³-hybridized carbons (Fsp3) is 0.158. The molecule has 8 nitrogen and oxygen atoms in total. The Morgan fingerprint density at radius 1 is 1.11 bits per heavy atom. The van der Waals surface area contributed by atoms with Crippen molar-refractivity contribution in [2.45, 2.75) is 0 Å². The zero-order chi connectivity index (χ0) is 20.1. The van der Waals surface area contributed by atoms with Gasteiger partial charge < -0.3 is 15.4 Å². The molecule has 0 aromatic heterocycles. The highest BCUT2D eigenvalue weighted by Gasteiger charge is 2.27. The molecule has 0 spiro atoms. The van der Waals surface area contributed by atoms with Crippen LogP contribution in [0.25, 0.3) is 0 Å². The predicted molar refractivity (Wildman–Crippen MR) is 97.1 cm³/mol. The summed E-state index contributed by atoms with van der Waals surface area (Å²) in [6.45, 7) is -1.33. The van der Waals surface area contributed by atoms with Gasteiger partial charge in [0, 0.05) is 0 Å². The van der Waals surface area contributed by atoms with Crippen molar-refractivity contribution in [1.82, 2.24) is 5.32 Å². The average molecular weight is 385 g/mol. The molecule has 3 rings (SSSR count). The second kappa shape index (κ2) is 8.30. The summed E-state index contributed by atoms with van der Waals surface area (Å²) in [7, 11) is 0. The molecule has 0 unspecified atom stereocenters. The smallest absolute Gasteiger partial charge is 0.325 e. The molecule has 0 bridgehead atoms. The summed E-state index contributed by atoms with van der Waals surface area (Å²) in [6, 6.07) is 12.1. The quantitative estimate of drug-likeness (QED) is 0.750. The number of hydrogen-bond acceptors (Lipinski definition) is 5. The van der Waals surface area contributed by atoms with Crippen molar-refractivity contribution in [3.8, 4) is 0 Å². The number of nitrogens with zero attached hydrogens (tertiary/aromatic N) is 1. The molecule has 0 aliphatic carbocycles. The number of carbonyl (C=O) groups is 4. The second-order valence-corrected chi connectivity index (χ2v) is 5.87. The number of amides is 3. The summed E-state index contributed by atoms with van der Waals surface area (Å²) in [5.74, 6) is -3.31. The molecule has 1 aliphatic rings. The molecule has 1 heterocycles. The fourth-order valence-electron chi connectivity index (χ4n) is 2.62. The lowest BCUT2D eigenvalue weighted by Gasteiger charge is -2.28. The number of hydrogen-bond donors (Lipinski definition) is 2. The maximum Gasteiger partial charge on any atom is 0.325 e. The Morgan fingerprint density at radius 2 is 1.82 bits per heavy atom. The summed E-state index contributed by atoms with van der Waals surface area (Å²) in [6.07, 6.45) is 0. The Labute approximate surface area is 159 Å². The van der Waals surface area contributed by atoms with Crippen LogP contribution in [0.2, 0.25) is 0 Å². The van der Waals surface area contributed by atoms with E-state index in [2.05, 4.69) is 10.6 Å². The van der Waals surface area contributed by atoms with E-state index in [-0.39, 0.29) is 18.0 Å². The monoisotopic (exact) mass is 385 g/mol. The maximum atomic E-state index is 13.5. The van der Waals surface area contributed by atoms with E-state index in [1.807, 2.05) is 0 Å². The summed E-state index contributed by atoms with van der Waals surface area (Å²) < 4.78 is 18.4. The lowest BCUT2D eigenvalue weighted by molar-refractivity contribution is -0.146. The minimum atomic E-state index is -0.868. The van der Waals surface area contributed by atoms with Crippen molar-refractivity contribution in [1.29, 1.82) is 0 Å². The Kier molecular flexibility index (Phi) is 5.64. The molecule has 0 saturated heterocycles. The first kappa shape index (κ1) is 19.0. The molecule has 2 aromatic carbocycles. The highest BCUT2D eigenvalue weighted by atomic mass is 19.1. The lowest BCUT2D eigenvalue weighted by atomic mass is 10.2. The van der Waals surface area contributed by atoms with Gasteiger partial charge in [-0.2, -0.15) is 0 Å². The highest BCUT2D eigenvalue weighted by Crippen LogP contribution is 2.28. The fourth-order valence-corrected chi connectivity index (χ4v) is 2.62. The number of benzene rings is 2. The van der Waals surface area contributed by atoms with Gasteiger partial charge in [-0.1, -0.05) is 24.3 Å². The normalized spacial score (nSPS) is 12.6. The second-order valence-electron chi connectivity index (χ2n) is 5.87. The first-order chi connectivity index (χ1) is 13.5. The molecule has 1 aliphatic heterocycles. The molecule has 0 atom stereocenters. The van der Waals surface area contributed by atoms with Crippen LogP contribution in [0.15, 0.2) is 48.5 Å². The van der Waals surface area contributed by atoms with Gasteiger partial charge in [-0.25, -0.2) is 4.39 Å². The Morgan fingerprint density at radius 3 is 2.61 bits per heavy atom. The minimum absolute atomic E-state index is 0.197. The minimum Gasteiger partial charge on any atom is -0.454 e. The van der Waals surface area contributed by atoms with E-state index in [4.69, 9.17) is 4.74 Å². The van der Waals surface area contributed by atoms with Crippen LogP contribution in [0.4, 0.5) is 15.8 Å². The van der Waals surface area contributed by atoms with Crippen LogP contribution < -0.4 is 15.5 Å². The van der Waals surface area contributed by atoms with Crippen molar-refractivity contribution >= 4 is 35.1 Å². The number of nitrogens with one attached hydrogen (secondary N) is 2. The van der Waals surface area contributed by atoms with Crippen LogP contribution in [0.1, 0.15) is 10.4 Å². The van der Waals surface area contributed by atoms with E-state index >= 15 is 0 Å². The molecular weight excluding hydrogens is 369 g/mol. The number of para-hydroxylation sites is 2. The van der Waals surface area contributed by atoms with E-state index in [0.29, 0.717) is 11.4 Å². The van der Waals surface area contributed by atoms with Gasteiger partial charge in [0.05, 0.1) is 16.9 Å². The summed E-state index contributed by atoms with van der Waals surface area (Å²) in [5.41, 5.74) is 0.772. The van der Waals surface area contributed by atoms with E-state index in [1.54, 1.807) is 24.3 Å². The summed E-state index contributed by atoms with van der Waals surface area (Å²) >= 11 is 0. The Balaban J connectivity index is 1.52. The molecule has 2 N–H and O–H groups in total. The third-order valence-electron chi connectivity index (χ3n) is 3.94. The number of ether oxygens (including phenoxy) is 1. The molecule has 3 amide bonds. The molecule has 0 radical (unpaired) electrons. The van der Waals surface area contributed by atoms with Crippen LogP contribution in [0.5, 0.6) is 0 Å². The topological polar surface area (TPSA) is 105 Å². The molecule has 28 heavy (non-hydrogen) atoms. The standard InChI is InChI=1S/C19H16FN3O5/c20-13-6-2-1-5-12(13)19(27)21-9-18(26)28-11-17(25)23-10-16(24)22-14-7-3-4-8-15(14)23/h1-8H,9-11H2,(H,21,27)(H,22,24). The van der Waals surface area contributed by atoms with Gasteiger partial charge in [0.1, 0.15) is 18.9 Å². The predicted octanol–water partition coefficient (Wildman–Crippen LogP) is 1.08. The zero-order valence-corrected chi connectivity index (χ0v) is 14.6. The largest absolute Gasteiger partial charge is 0.454 e. The van der Waals surface area contributed by atoms with Crippen molar-refractivity contribution in [2.75, 3.05) is 29.9 Å². The maximum absolute atomic E-state index is 13.5. The van der Waals surface area contributed by atoms with Gasteiger partial charge in [-0.15, -0.1) is 0 Å². The third kappa shape index (κ3) is 4.32. The van der Waals surface area contributed by atoms with Gasteiger partial charge in [0.2, 0.25) is 5.91 Å². The molecule has 144 valence electrons. The summed E-state index contributed by atoms with van der Waals surface area (Å²) in [5, 5.41) is 4.87. The Bertz CT molecular complexity index is 947. The van der Waals surface area contributed by atoms with Crippen molar-refractivity contribution in [3.63, 3.8) is 0 Å². The SMILES string of the molecule is O=C1CN(C(=O)COC(=O)CNC(=O)c2ccccc2F)c2ccccc2N1. The third-order valence-corrected chi connectivity index (χ3v) is 3.94. The van der Waals surface area contributed by atoms with Gasteiger partial charge in [0.25, 0.3) is 11.8 Å². The van der Waals surface area contributed by atoms with E-state index in [9.17, 15) is 23.6 Å². The van der Waals surface area contributed by atoms with Crippen LogP contribution in [0, 0.1) is 5.82 Å². The van der Waals surface area contributed by atoms with Gasteiger partial charge in [0.15, 0.2) is 6.61 Å². The van der Waals surface area contributed by atoms with Crippen LogP contribution >= 0.6 is 0 Å². The van der Waals surface area contributed by atoms with Crippen molar-refractivity contribution < 1.29 is 28.3 Å². The summed E-state index contributed by atoms with van der Waals surface area (Å²) in [4.78, 5) is 48.9. The number of rotatable bonds is 5. The van der Waals surface area contributed by atoms with Gasteiger partial charge >= 0.3 is 5.97 Å². The van der Waals surface area contributed by atoms with Gasteiger partial charge in [-0.3, -0.25) is 24.1 Å². The lowest BCUT2D eigenvalue weighted by Crippen LogP contribution is -2.44. The van der Waals surface area contributed by atoms with Gasteiger partial charge in [-0.05, 0) is 24.3 Å². The molecule has 2 aromatic rings. The van der Waals surface area contributed by atoms with Crippen LogP contribution in [-0.4, -0.2) is 43.4 Å².